The molecule has 7 heteroatoms. The normalized spacial score (nSPS) is 11.3. The number of nitrogens with zero attached hydrogens (tertiary/aromatic N) is 3. The monoisotopic (exact) mass is 436 g/mol. The summed E-state index contributed by atoms with van der Waals surface area (Å²) < 4.78 is 14.7. The van der Waals surface area contributed by atoms with Crippen LogP contribution in [0.25, 0.3) is 6.08 Å². The van der Waals surface area contributed by atoms with Gasteiger partial charge in [-0.25, -0.2) is 9.07 Å². The molecule has 0 saturated carbocycles. The van der Waals surface area contributed by atoms with Gasteiger partial charge < -0.3 is 5.32 Å². The average Bonchev–Trinajstić information content (AvgIpc) is 2.97. The predicted molar refractivity (Wildman–Crippen MR) is 120 cm³/mol. The number of amides is 1. The van der Waals surface area contributed by atoms with E-state index in [1.165, 1.54) is 18.2 Å². The van der Waals surface area contributed by atoms with E-state index in [2.05, 4.69) is 10.4 Å². The number of rotatable bonds is 5. The standard InChI is InChI=1S/C24H22ClFN4O/c1-14-9-15(2)22(16(3)10-14)28-24(31)19(12-27)11-21-17(4)29-30(23(21)25)13-18-5-7-20(26)8-6-18/h5-11H,13H2,1-4H3,(H,28,31)/b19-11+. The molecule has 0 atom stereocenters. The number of hydrogen-bond acceptors (Lipinski definition) is 3. The number of carbonyl (C=O) groups excluding carboxylic acids is 1. The number of carbonyl (C=O) groups is 1. The van der Waals surface area contributed by atoms with Crippen LogP contribution < -0.4 is 5.32 Å². The van der Waals surface area contributed by atoms with E-state index in [1.807, 2.05) is 39.0 Å². The van der Waals surface area contributed by atoms with Crippen molar-refractivity contribution in [3.8, 4) is 6.07 Å². The molecule has 0 fully saturated rings. The molecule has 0 spiro atoms. The Balaban J connectivity index is 1.89. The maximum atomic E-state index is 13.1. The van der Waals surface area contributed by atoms with Crippen LogP contribution >= 0.6 is 11.6 Å². The zero-order chi connectivity index (χ0) is 22.7. The van der Waals surface area contributed by atoms with Gasteiger partial charge in [0.05, 0.1) is 12.2 Å². The molecule has 31 heavy (non-hydrogen) atoms. The number of hydrogen-bond donors (Lipinski definition) is 1. The van der Waals surface area contributed by atoms with E-state index >= 15 is 0 Å². The lowest BCUT2D eigenvalue weighted by Gasteiger charge is -2.12. The summed E-state index contributed by atoms with van der Waals surface area (Å²) in [6.07, 6.45) is 1.44. The zero-order valence-electron chi connectivity index (χ0n) is 17.8. The van der Waals surface area contributed by atoms with Crippen molar-refractivity contribution in [2.45, 2.75) is 34.2 Å². The molecule has 0 unspecified atom stereocenters. The van der Waals surface area contributed by atoms with Crippen LogP contribution in [0, 0.1) is 44.8 Å². The zero-order valence-corrected chi connectivity index (χ0v) is 18.5. The molecule has 2 aromatic carbocycles. The fourth-order valence-corrected chi connectivity index (χ4v) is 3.74. The Morgan fingerprint density at radius 2 is 1.81 bits per heavy atom. The maximum absolute atomic E-state index is 13.1. The number of aromatic nitrogens is 2. The van der Waals surface area contributed by atoms with Crippen LogP contribution in [0.4, 0.5) is 10.1 Å². The van der Waals surface area contributed by atoms with E-state index in [-0.39, 0.29) is 11.4 Å². The summed E-state index contributed by atoms with van der Waals surface area (Å²) in [6, 6.07) is 11.9. The quantitative estimate of drug-likeness (QED) is 0.424. The van der Waals surface area contributed by atoms with E-state index in [0.29, 0.717) is 28.6 Å². The third-order valence-corrected chi connectivity index (χ3v) is 5.32. The van der Waals surface area contributed by atoms with Gasteiger partial charge in [0.25, 0.3) is 5.91 Å². The van der Waals surface area contributed by atoms with Crippen LogP contribution in [-0.2, 0) is 11.3 Å². The van der Waals surface area contributed by atoms with Crippen LogP contribution in [0.2, 0.25) is 5.15 Å². The minimum atomic E-state index is -0.515. The first kappa shape index (κ1) is 22.3. The molecule has 3 rings (SSSR count). The molecule has 0 aliphatic heterocycles. The Bertz CT molecular complexity index is 1200. The summed E-state index contributed by atoms with van der Waals surface area (Å²) >= 11 is 6.49. The first-order valence-electron chi connectivity index (χ1n) is 9.68. The molecule has 0 bridgehead atoms. The SMILES string of the molecule is Cc1cc(C)c(NC(=O)/C(C#N)=C/c2c(C)nn(Cc3ccc(F)cc3)c2Cl)c(C)c1. The van der Waals surface area contributed by atoms with Crippen molar-refractivity contribution < 1.29 is 9.18 Å². The van der Waals surface area contributed by atoms with Gasteiger partial charge in [-0.3, -0.25) is 4.79 Å². The molecule has 1 heterocycles. The van der Waals surface area contributed by atoms with Crippen molar-refractivity contribution in [3.63, 3.8) is 0 Å². The van der Waals surface area contributed by atoms with Gasteiger partial charge in [-0.2, -0.15) is 10.4 Å². The topological polar surface area (TPSA) is 70.7 Å². The molecule has 5 nitrogen and oxygen atoms in total. The Hall–Kier alpha value is -3.43. The van der Waals surface area contributed by atoms with Gasteiger partial charge in [-0.15, -0.1) is 0 Å². The molecule has 1 aromatic heterocycles. The van der Waals surface area contributed by atoms with Crippen LogP contribution in [0.1, 0.15) is 33.5 Å². The second-order valence-corrected chi connectivity index (χ2v) is 7.83. The van der Waals surface area contributed by atoms with Gasteiger partial charge in [-0.05, 0) is 62.6 Å². The number of nitriles is 1. The maximum Gasteiger partial charge on any atom is 0.266 e. The molecule has 0 aliphatic rings. The summed E-state index contributed by atoms with van der Waals surface area (Å²) in [5, 5.41) is 17.1. The highest BCUT2D eigenvalue weighted by atomic mass is 35.5. The third kappa shape index (κ3) is 5.01. The molecule has 1 amide bonds. The lowest BCUT2D eigenvalue weighted by molar-refractivity contribution is -0.112. The van der Waals surface area contributed by atoms with Crippen LogP contribution in [0.15, 0.2) is 42.0 Å². The first-order valence-corrected chi connectivity index (χ1v) is 10.1. The fraction of sp³-hybridized carbons (Fsp3) is 0.208. The van der Waals surface area contributed by atoms with Crippen molar-refractivity contribution in [3.05, 3.63) is 86.5 Å². The van der Waals surface area contributed by atoms with Crippen LogP contribution in [0.5, 0.6) is 0 Å². The highest BCUT2D eigenvalue weighted by molar-refractivity contribution is 6.31. The highest BCUT2D eigenvalue weighted by Gasteiger charge is 2.17. The summed E-state index contributed by atoms with van der Waals surface area (Å²) in [5.74, 6) is -0.835. The van der Waals surface area contributed by atoms with Gasteiger partial charge in [0.15, 0.2) is 0 Å². The summed E-state index contributed by atoms with van der Waals surface area (Å²) in [4.78, 5) is 12.8. The van der Waals surface area contributed by atoms with Crippen molar-refractivity contribution >= 4 is 29.3 Å². The molecule has 0 radical (unpaired) electrons. The summed E-state index contributed by atoms with van der Waals surface area (Å²) in [6.45, 7) is 7.89. The number of anilines is 1. The molecule has 3 aromatic rings. The van der Waals surface area contributed by atoms with Crippen LogP contribution in [0.3, 0.4) is 0 Å². The minimum Gasteiger partial charge on any atom is -0.321 e. The number of nitrogens with one attached hydrogen (secondary N) is 1. The lowest BCUT2D eigenvalue weighted by atomic mass is 10.0. The van der Waals surface area contributed by atoms with E-state index in [1.54, 1.807) is 23.7 Å². The van der Waals surface area contributed by atoms with E-state index in [0.717, 1.165) is 22.3 Å². The second-order valence-electron chi connectivity index (χ2n) is 7.47. The molecule has 158 valence electrons. The third-order valence-electron chi connectivity index (χ3n) is 4.92. The number of benzene rings is 2. The summed E-state index contributed by atoms with van der Waals surface area (Å²) in [7, 11) is 0. The Morgan fingerprint density at radius 3 is 2.39 bits per heavy atom. The first-order chi connectivity index (χ1) is 14.7. The van der Waals surface area contributed by atoms with Crippen molar-refractivity contribution in [1.82, 2.24) is 9.78 Å². The fourth-order valence-electron chi connectivity index (χ4n) is 3.45. The van der Waals surface area contributed by atoms with E-state index in [9.17, 15) is 14.4 Å². The van der Waals surface area contributed by atoms with Crippen molar-refractivity contribution in [2.24, 2.45) is 0 Å². The lowest BCUT2D eigenvalue weighted by Crippen LogP contribution is -2.15. The smallest absolute Gasteiger partial charge is 0.266 e. The van der Waals surface area contributed by atoms with E-state index in [4.69, 9.17) is 11.6 Å². The molecule has 0 aliphatic carbocycles. The summed E-state index contributed by atoms with van der Waals surface area (Å²) in [5.41, 5.74) is 5.44. The Labute approximate surface area is 185 Å². The second kappa shape index (κ2) is 9.15. The van der Waals surface area contributed by atoms with Crippen molar-refractivity contribution in [2.75, 3.05) is 5.32 Å². The highest BCUT2D eigenvalue weighted by Crippen LogP contribution is 2.26. The van der Waals surface area contributed by atoms with Gasteiger partial charge in [-0.1, -0.05) is 41.4 Å². The molecular weight excluding hydrogens is 415 g/mol. The largest absolute Gasteiger partial charge is 0.321 e. The predicted octanol–water partition coefficient (Wildman–Crippen LogP) is 5.50. The molecule has 1 N–H and O–H groups in total. The van der Waals surface area contributed by atoms with Gasteiger partial charge >= 0.3 is 0 Å². The average molecular weight is 437 g/mol. The minimum absolute atomic E-state index is 0.0780. The van der Waals surface area contributed by atoms with Crippen LogP contribution in [-0.4, -0.2) is 15.7 Å². The van der Waals surface area contributed by atoms with Gasteiger partial charge in [0, 0.05) is 11.3 Å². The van der Waals surface area contributed by atoms with E-state index < -0.39 is 5.91 Å². The van der Waals surface area contributed by atoms with Gasteiger partial charge in [0.2, 0.25) is 0 Å². The Kier molecular flexibility index (Phi) is 6.57. The Morgan fingerprint density at radius 1 is 1.19 bits per heavy atom. The number of halogens is 2. The molecular formula is C24H22ClFN4O. The van der Waals surface area contributed by atoms with Crippen molar-refractivity contribution in [1.29, 1.82) is 5.26 Å². The number of aryl methyl sites for hydroxylation is 4. The van der Waals surface area contributed by atoms with Gasteiger partial charge in [0.1, 0.15) is 22.6 Å². The molecule has 0 saturated heterocycles.